The van der Waals surface area contributed by atoms with Crippen molar-refractivity contribution in [1.29, 1.82) is 0 Å². The zero-order valence-electron chi connectivity index (χ0n) is 11.4. The van der Waals surface area contributed by atoms with E-state index in [2.05, 4.69) is 10.3 Å². The molecule has 3 rings (SSSR count). The molecule has 2 heterocycles. The Labute approximate surface area is 125 Å². The Morgan fingerprint density at radius 1 is 1.48 bits per heavy atom. The fourth-order valence-electron chi connectivity index (χ4n) is 2.56. The molecule has 2 aliphatic rings. The van der Waals surface area contributed by atoms with Gasteiger partial charge in [-0.05, 0) is 18.9 Å². The Morgan fingerprint density at radius 2 is 2.29 bits per heavy atom. The van der Waals surface area contributed by atoms with Crippen molar-refractivity contribution in [1.82, 2.24) is 4.98 Å². The van der Waals surface area contributed by atoms with E-state index in [0.717, 1.165) is 11.3 Å². The minimum atomic E-state index is -0.625. The second kappa shape index (κ2) is 5.40. The molecule has 0 fully saturated rings. The number of carbonyl (C=O) groups is 3. The van der Waals surface area contributed by atoms with E-state index in [4.69, 9.17) is 4.74 Å². The first kappa shape index (κ1) is 13.9. The summed E-state index contributed by atoms with van der Waals surface area (Å²) in [6.07, 6.45) is 4.24. The molecule has 0 aromatic carbocycles. The lowest BCUT2D eigenvalue weighted by atomic mass is 9.82. The smallest absolute Gasteiger partial charge is 0.223 e. The molecule has 0 bridgehead atoms. The zero-order chi connectivity index (χ0) is 15.0. The molecule has 1 aliphatic carbocycles. The third-order valence-corrected chi connectivity index (χ3v) is 4.61. The predicted molar refractivity (Wildman–Crippen MR) is 76.1 cm³/mol. The highest BCUT2D eigenvalue weighted by Gasteiger charge is 2.38. The van der Waals surface area contributed by atoms with E-state index in [1.807, 2.05) is 0 Å². The van der Waals surface area contributed by atoms with Gasteiger partial charge in [-0.2, -0.15) is 0 Å². The van der Waals surface area contributed by atoms with Crippen LogP contribution in [-0.2, 0) is 20.7 Å². The maximum absolute atomic E-state index is 12.5. The Kier molecular flexibility index (Phi) is 3.59. The van der Waals surface area contributed by atoms with Crippen molar-refractivity contribution in [3.05, 3.63) is 22.9 Å². The number of thiazole rings is 1. The van der Waals surface area contributed by atoms with Crippen LogP contribution in [-0.4, -0.2) is 29.1 Å². The number of carbonyl (C=O) groups excluding carboxylic acids is 3. The number of rotatable bonds is 3. The third kappa shape index (κ3) is 2.61. The van der Waals surface area contributed by atoms with Crippen molar-refractivity contribution in [2.45, 2.75) is 19.8 Å². The minimum absolute atomic E-state index is 0.0890. The highest BCUT2D eigenvalue weighted by atomic mass is 32.1. The summed E-state index contributed by atoms with van der Waals surface area (Å²) in [6, 6.07) is 0. The number of hydrogen-bond donors (Lipinski definition) is 1. The summed E-state index contributed by atoms with van der Waals surface area (Å²) in [7, 11) is 0. The lowest BCUT2D eigenvalue weighted by Crippen LogP contribution is -2.33. The van der Waals surface area contributed by atoms with Gasteiger partial charge >= 0.3 is 0 Å². The summed E-state index contributed by atoms with van der Waals surface area (Å²) in [6.45, 7) is 1.70. The number of Topliss-reactive ketones (excluding diaryl/α,β-unsaturated/α-hetero) is 2. The molecular weight excluding hydrogens is 292 g/mol. The molecule has 2 atom stereocenters. The number of aromatic nitrogens is 1. The van der Waals surface area contributed by atoms with Gasteiger partial charge in [0.1, 0.15) is 6.61 Å². The molecule has 0 radical (unpaired) electrons. The van der Waals surface area contributed by atoms with Crippen LogP contribution in [0.2, 0.25) is 0 Å². The number of fused-ring (bicyclic) bond motifs is 1. The van der Waals surface area contributed by atoms with Crippen LogP contribution >= 0.6 is 11.3 Å². The van der Waals surface area contributed by atoms with Crippen LogP contribution in [0.5, 0.6) is 0 Å². The summed E-state index contributed by atoms with van der Waals surface area (Å²) in [5, 5.41) is 3.00. The third-order valence-electron chi connectivity index (χ3n) is 3.58. The van der Waals surface area contributed by atoms with Crippen molar-refractivity contribution >= 4 is 33.9 Å². The van der Waals surface area contributed by atoms with Gasteiger partial charge in [0.15, 0.2) is 16.7 Å². The van der Waals surface area contributed by atoms with E-state index in [0.29, 0.717) is 35.2 Å². The molecule has 0 saturated carbocycles. The van der Waals surface area contributed by atoms with Gasteiger partial charge in [0.2, 0.25) is 5.91 Å². The van der Waals surface area contributed by atoms with Gasteiger partial charge in [0.25, 0.3) is 0 Å². The van der Waals surface area contributed by atoms with Gasteiger partial charge in [-0.1, -0.05) is 11.3 Å². The number of hydrogen-bond acceptors (Lipinski definition) is 6. The minimum Gasteiger partial charge on any atom is -0.500 e. The number of anilines is 1. The molecule has 0 saturated heterocycles. The molecule has 1 aromatic heterocycles. The quantitative estimate of drug-likeness (QED) is 0.857. The van der Waals surface area contributed by atoms with Gasteiger partial charge in [-0.25, -0.2) is 4.98 Å². The van der Waals surface area contributed by atoms with Crippen molar-refractivity contribution in [2.24, 2.45) is 11.8 Å². The number of aryl methyl sites for hydroxylation is 1. The first-order chi connectivity index (χ1) is 10.1. The van der Waals surface area contributed by atoms with Gasteiger partial charge in [-0.3, -0.25) is 14.4 Å². The molecular formula is C14H14N2O4S. The largest absolute Gasteiger partial charge is 0.500 e. The monoisotopic (exact) mass is 306 g/mol. The standard InChI is InChI=1S/C14H14N2O4S/c1-7(17)15-14-16-10-3-2-9(12(19)13(10)21-14)11(18)8-4-5-20-6-8/h4-5,8-9H,2-3,6H2,1H3,(H,15,16,17). The molecule has 1 aromatic rings. The average molecular weight is 306 g/mol. The molecule has 1 amide bonds. The number of ether oxygens (including phenoxy) is 1. The topological polar surface area (TPSA) is 85.4 Å². The van der Waals surface area contributed by atoms with Crippen molar-refractivity contribution in [3.63, 3.8) is 0 Å². The van der Waals surface area contributed by atoms with E-state index >= 15 is 0 Å². The fourth-order valence-corrected chi connectivity index (χ4v) is 3.61. The number of nitrogens with zero attached hydrogens (tertiary/aromatic N) is 1. The lowest BCUT2D eigenvalue weighted by molar-refractivity contribution is -0.124. The van der Waals surface area contributed by atoms with Crippen LogP contribution in [0, 0.1) is 11.8 Å². The molecule has 21 heavy (non-hydrogen) atoms. The maximum Gasteiger partial charge on any atom is 0.223 e. The Hall–Kier alpha value is -2.02. The summed E-state index contributed by atoms with van der Waals surface area (Å²) in [5.41, 5.74) is 0.677. The summed E-state index contributed by atoms with van der Waals surface area (Å²) < 4.78 is 5.05. The van der Waals surface area contributed by atoms with Gasteiger partial charge < -0.3 is 10.1 Å². The molecule has 6 nitrogen and oxygen atoms in total. The number of ketones is 2. The van der Waals surface area contributed by atoms with E-state index < -0.39 is 5.92 Å². The van der Waals surface area contributed by atoms with Crippen LogP contribution in [0.3, 0.4) is 0 Å². The van der Waals surface area contributed by atoms with E-state index in [1.165, 1.54) is 13.2 Å². The van der Waals surface area contributed by atoms with Crippen LogP contribution in [0.25, 0.3) is 0 Å². The van der Waals surface area contributed by atoms with Crippen LogP contribution in [0.15, 0.2) is 12.3 Å². The first-order valence-corrected chi connectivity index (χ1v) is 7.51. The maximum atomic E-state index is 12.5. The highest BCUT2D eigenvalue weighted by molar-refractivity contribution is 7.17. The van der Waals surface area contributed by atoms with Gasteiger partial charge in [-0.15, -0.1) is 0 Å². The number of nitrogens with one attached hydrogen (secondary N) is 1. The summed E-state index contributed by atoms with van der Waals surface area (Å²) >= 11 is 1.14. The second-order valence-electron chi connectivity index (χ2n) is 5.10. The van der Waals surface area contributed by atoms with E-state index in [-0.39, 0.29) is 23.4 Å². The van der Waals surface area contributed by atoms with Crippen molar-refractivity contribution in [2.75, 3.05) is 11.9 Å². The van der Waals surface area contributed by atoms with Crippen LogP contribution in [0.4, 0.5) is 5.13 Å². The SMILES string of the molecule is CC(=O)Nc1nc2c(s1)C(=O)C(C(=O)C1C=COC1)CC2. The van der Waals surface area contributed by atoms with Gasteiger partial charge in [0, 0.05) is 6.92 Å². The number of amides is 1. The first-order valence-electron chi connectivity index (χ1n) is 6.69. The van der Waals surface area contributed by atoms with Crippen LogP contribution in [0.1, 0.15) is 28.7 Å². The molecule has 2 unspecified atom stereocenters. The second-order valence-corrected chi connectivity index (χ2v) is 6.10. The fraction of sp³-hybridized carbons (Fsp3) is 0.429. The summed E-state index contributed by atoms with van der Waals surface area (Å²) in [4.78, 5) is 40.6. The Balaban J connectivity index is 1.81. The predicted octanol–water partition coefficient (Wildman–Crippen LogP) is 1.58. The molecule has 7 heteroatoms. The molecule has 110 valence electrons. The molecule has 1 aliphatic heterocycles. The Bertz CT molecular complexity index is 649. The lowest BCUT2D eigenvalue weighted by Gasteiger charge is -2.20. The van der Waals surface area contributed by atoms with Gasteiger partial charge in [0.05, 0.1) is 28.7 Å². The van der Waals surface area contributed by atoms with Crippen molar-refractivity contribution in [3.8, 4) is 0 Å². The molecule has 1 N–H and O–H groups in total. The Morgan fingerprint density at radius 3 is 2.95 bits per heavy atom. The average Bonchev–Trinajstić information content (AvgIpc) is 3.06. The summed E-state index contributed by atoms with van der Waals surface area (Å²) in [5.74, 6) is -1.46. The highest BCUT2D eigenvalue weighted by Crippen LogP contribution is 2.34. The van der Waals surface area contributed by atoms with E-state index in [1.54, 1.807) is 6.08 Å². The zero-order valence-corrected chi connectivity index (χ0v) is 12.2. The molecule has 0 spiro atoms. The van der Waals surface area contributed by atoms with Crippen LogP contribution < -0.4 is 5.32 Å². The van der Waals surface area contributed by atoms with Crippen molar-refractivity contribution < 1.29 is 19.1 Å². The normalized spacial score (nSPS) is 23.6. The van der Waals surface area contributed by atoms with E-state index in [9.17, 15) is 14.4 Å².